The van der Waals surface area contributed by atoms with Crippen molar-refractivity contribution in [3.8, 4) is 0 Å². The molecule has 1 heterocycles. The van der Waals surface area contributed by atoms with Gasteiger partial charge in [0.2, 0.25) is 0 Å². The number of nitrogens with zero attached hydrogens (tertiary/aromatic N) is 1. The third-order valence-electron chi connectivity index (χ3n) is 2.26. The summed E-state index contributed by atoms with van der Waals surface area (Å²) in [6, 6.07) is 1.65. The summed E-state index contributed by atoms with van der Waals surface area (Å²) >= 11 is 0. The first-order chi connectivity index (χ1) is 7.83. The molecule has 1 unspecified atom stereocenters. The second-order valence-corrected chi connectivity index (χ2v) is 5.02. The predicted molar refractivity (Wildman–Crippen MR) is 66.6 cm³/mol. The van der Waals surface area contributed by atoms with Crippen molar-refractivity contribution in [1.29, 1.82) is 0 Å². The fraction of sp³-hybridized carbons (Fsp3) is 0.538. The van der Waals surface area contributed by atoms with Gasteiger partial charge >= 0.3 is 5.97 Å². The van der Waals surface area contributed by atoms with Crippen LogP contribution in [0.4, 0.5) is 0 Å². The first-order valence-electron chi connectivity index (χ1n) is 5.77. The Morgan fingerprint density at radius 1 is 1.47 bits per heavy atom. The van der Waals surface area contributed by atoms with Crippen molar-refractivity contribution in [3.63, 3.8) is 0 Å². The number of esters is 1. The Morgan fingerprint density at radius 3 is 2.65 bits per heavy atom. The lowest BCUT2D eigenvalue weighted by Gasteiger charge is -2.19. The van der Waals surface area contributed by atoms with Crippen molar-refractivity contribution < 1.29 is 9.53 Å². The van der Waals surface area contributed by atoms with Gasteiger partial charge in [-0.15, -0.1) is 0 Å². The molecule has 0 amide bonds. The smallest absolute Gasteiger partial charge is 0.340 e. The maximum atomic E-state index is 11.8. The van der Waals surface area contributed by atoms with Crippen LogP contribution in [-0.4, -0.2) is 16.6 Å². The number of hydrogen-bond acceptors (Lipinski definition) is 4. The number of carbonyl (C=O) groups excluding carboxylic acids is 1. The minimum atomic E-state index is -0.500. The SMILES string of the molecule is CCC(N)c1cncc(C(=O)OC(C)(C)C)c1. The Hall–Kier alpha value is -1.42. The fourth-order valence-electron chi connectivity index (χ4n) is 1.34. The first-order valence-corrected chi connectivity index (χ1v) is 5.77. The maximum Gasteiger partial charge on any atom is 0.340 e. The number of nitrogens with two attached hydrogens (primary N) is 1. The minimum Gasteiger partial charge on any atom is -0.456 e. The topological polar surface area (TPSA) is 65.2 Å². The average molecular weight is 236 g/mol. The molecule has 0 aliphatic heterocycles. The Bertz CT molecular complexity index is 397. The van der Waals surface area contributed by atoms with E-state index in [9.17, 15) is 4.79 Å². The van der Waals surface area contributed by atoms with E-state index >= 15 is 0 Å². The summed E-state index contributed by atoms with van der Waals surface area (Å²) < 4.78 is 5.27. The van der Waals surface area contributed by atoms with Crippen LogP contribution < -0.4 is 5.73 Å². The van der Waals surface area contributed by atoms with Crippen LogP contribution in [0.3, 0.4) is 0 Å². The van der Waals surface area contributed by atoms with Crippen molar-refractivity contribution >= 4 is 5.97 Å². The molecule has 0 radical (unpaired) electrons. The Labute approximate surface area is 102 Å². The van der Waals surface area contributed by atoms with Crippen LogP contribution in [0.25, 0.3) is 0 Å². The van der Waals surface area contributed by atoms with Gasteiger partial charge in [-0.2, -0.15) is 0 Å². The van der Waals surface area contributed by atoms with Crippen LogP contribution in [0.1, 0.15) is 56.1 Å². The summed E-state index contributed by atoms with van der Waals surface area (Å²) in [5.74, 6) is -0.366. The van der Waals surface area contributed by atoms with E-state index in [1.807, 2.05) is 27.7 Å². The Morgan fingerprint density at radius 2 is 2.12 bits per heavy atom. The zero-order valence-electron chi connectivity index (χ0n) is 10.9. The van der Waals surface area contributed by atoms with Crippen LogP contribution in [0.5, 0.6) is 0 Å². The molecule has 0 aliphatic carbocycles. The molecule has 0 bridgehead atoms. The highest BCUT2D eigenvalue weighted by Crippen LogP contribution is 2.16. The van der Waals surface area contributed by atoms with Gasteiger partial charge in [-0.05, 0) is 38.8 Å². The molecule has 0 saturated carbocycles. The summed E-state index contributed by atoms with van der Waals surface area (Å²) in [6.45, 7) is 7.49. The summed E-state index contributed by atoms with van der Waals surface area (Å²) in [5, 5.41) is 0. The molecule has 17 heavy (non-hydrogen) atoms. The van der Waals surface area contributed by atoms with Crippen molar-refractivity contribution in [2.24, 2.45) is 5.73 Å². The summed E-state index contributed by atoms with van der Waals surface area (Å²) in [6.07, 6.45) is 3.99. The standard InChI is InChI=1S/C13H20N2O2/c1-5-11(14)9-6-10(8-15-7-9)12(16)17-13(2,3)4/h6-8,11H,5,14H2,1-4H3. The molecule has 0 saturated heterocycles. The molecule has 1 rings (SSSR count). The third-order valence-corrected chi connectivity index (χ3v) is 2.26. The van der Waals surface area contributed by atoms with E-state index in [4.69, 9.17) is 10.5 Å². The quantitative estimate of drug-likeness (QED) is 0.819. The third kappa shape index (κ3) is 4.15. The van der Waals surface area contributed by atoms with E-state index < -0.39 is 5.60 Å². The van der Waals surface area contributed by atoms with Gasteiger partial charge in [0, 0.05) is 18.4 Å². The second-order valence-electron chi connectivity index (χ2n) is 5.02. The highest BCUT2D eigenvalue weighted by atomic mass is 16.6. The molecule has 4 heteroatoms. The zero-order valence-corrected chi connectivity index (χ0v) is 10.9. The molecular formula is C13H20N2O2. The predicted octanol–water partition coefficient (Wildman–Crippen LogP) is 2.45. The van der Waals surface area contributed by atoms with E-state index in [0.717, 1.165) is 12.0 Å². The molecule has 1 aromatic heterocycles. The largest absolute Gasteiger partial charge is 0.456 e. The van der Waals surface area contributed by atoms with Gasteiger partial charge in [0.25, 0.3) is 0 Å². The molecule has 0 aromatic carbocycles. The number of aromatic nitrogens is 1. The van der Waals surface area contributed by atoms with E-state index in [1.165, 1.54) is 6.20 Å². The van der Waals surface area contributed by atoms with E-state index in [1.54, 1.807) is 12.3 Å². The molecule has 2 N–H and O–H groups in total. The highest BCUT2D eigenvalue weighted by Gasteiger charge is 2.18. The molecule has 0 spiro atoms. The van der Waals surface area contributed by atoms with Gasteiger partial charge < -0.3 is 10.5 Å². The van der Waals surface area contributed by atoms with Crippen LogP contribution in [-0.2, 0) is 4.74 Å². The van der Waals surface area contributed by atoms with Gasteiger partial charge in [-0.3, -0.25) is 4.98 Å². The lowest BCUT2D eigenvalue weighted by atomic mass is 10.1. The lowest BCUT2D eigenvalue weighted by Crippen LogP contribution is -2.24. The summed E-state index contributed by atoms with van der Waals surface area (Å²) in [7, 11) is 0. The normalized spacial score (nSPS) is 13.2. The zero-order chi connectivity index (χ0) is 13.1. The van der Waals surface area contributed by atoms with Crippen molar-refractivity contribution in [2.45, 2.75) is 45.8 Å². The van der Waals surface area contributed by atoms with E-state index in [-0.39, 0.29) is 12.0 Å². The number of pyridine rings is 1. The molecule has 0 aliphatic rings. The Balaban J connectivity index is 2.88. The van der Waals surface area contributed by atoms with E-state index in [2.05, 4.69) is 4.98 Å². The fourth-order valence-corrected chi connectivity index (χ4v) is 1.34. The maximum absolute atomic E-state index is 11.8. The molecule has 4 nitrogen and oxygen atoms in total. The number of ether oxygens (including phenoxy) is 1. The molecule has 1 atom stereocenters. The van der Waals surface area contributed by atoms with Gasteiger partial charge in [0.05, 0.1) is 5.56 Å². The number of carbonyl (C=O) groups is 1. The average Bonchev–Trinajstić information content (AvgIpc) is 2.26. The molecule has 94 valence electrons. The van der Waals surface area contributed by atoms with Crippen molar-refractivity contribution in [3.05, 3.63) is 29.6 Å². The van der Waals surface area contributed by atoms with Gasteiger partial charge in [-0.1, -0.05) is 6.92 Å². The lowest BCUT2D eigenvalue weighted by molar-refractivity contribution is 0.00689. The van der Waals surface area contributed by atoms with Crippen LogP contribution in [0.15, 0.2) is 18.5 Å². The number of rotatable bonds is 3. The van der Waals surface area contributed by atoms with Gasteiger partial charge in [0.1, 0.15) is 5.60 Å². The first kappa shape index (κ1) is 13.6. The van der Waals surface area contributed by atoms with E-state index in [0.29, 0.717) is 5.56 Å². The van der Waals surface area contributed by atoms with Gasteiger partial charge in [-0.25, -0.2) is 4.79 Å². The molecule has 1 aromatic rings. The van der Waals surface area contributed by atoms with Crippen molar-refractivity contribution in [1.82, 2.24) is 4.98 Å². The minimum absolute atomic E-state index is 0.0927. The number of hydrogen-bond donors (Lipinski definition) is 1. The highest BCUT2D eigenvalue weighted by molar-refractivity contribution is 5.89. The van der Waals surface area contributed by atoms with Crippen LogP contribution >= 0.6 is 0 Å². The van der Waals surface area contributed by atoms with Crippen LogP contribution in [0.2, 0.25) is 0 Å². The van der Waals surface area contributed by atoms with Crippen LogP contribution in [0, 0.1) is 0 Å². The molecular weight excluding hydrogens is 216 g/mol. The second kappa shape index (κ2) is 5.27. The summed E-state index contributed by atoms with van der Waals surface area (Å²) in [5.41, 5.74) is 6.70. The Kier molecular flexibility index (Phi) is 4.23. The molecule has 0 fully saturated rings. The van der Waals surface area contributed by atoms with Gasteiger partial charge in [0.15, 0.2) is 0 Å². The monoisotopic (exact) mass is 236 g/mol. The van der Waals surface area contributed by atoms with Crippen molar-refractivity contribution in [2.75, 3.05) is 0 Å². The summed E-state index contributed by atoms with van der Waals surface area (Å²) in [4.78, 5) is 15.8.